The largest absolute Gasteiger partial charge is 0.464 e. The Hall–Kier alpha value is -3.26. The number of carbonyl (C=O) groups excluding carboxylic acids is 3. The number of amides is 1. The van der Waals surface area contributed by atoms with Crippen LogP contribution in [0.5, 0.6) is 0 Å². The number of aromatic amines is 1. The first-order valence-corrected chi connectivity index (χ1v) is 9.82. The molecule has 3 heterocycles. The van der Waals surface area contributed by atoms with E-state index in [-0.39, 0.29) is 30.5 Å². The van der Waals surface area contributed by atoms with Crippen LogP contribution in [0.4, 0.5) is 0 Å². The summed E-state index contributed by atoms with van der Waals surface area (Å²) in [4.78, 5) is 47.0. The van der Waals surface area contributed by atoms with E-state index < -0.39 is 5.97 Å². The number of thiophene rings is 1. The van der Waals surface area contributed by atoms with Crippen LogP contribution in [0, 0.1) is 13.8 Å². The van der Waals surface area contributed by atoms with Gasteiger partial charge in [0, 0.05) is 30.2 Å². The zero-order chi connectivity index (χ0) is 21.0. The number of carbonyl (C=O) groups is 3. The maximum atomic E-state index is 13.1. The van der Waals surface area contributed by atoms with Crippen LogP contribution in [0.3, 0.4) is 0 Å². The van der Waals surface area contributed by atoms with Crippen molar-refractivity contribution in [1.29, 1.82) is 0 Å². The molecule has 3 aromatic rings. The second-order valence-corrected chi connectivity index (χ2v) is 7.48. The first kappa shape index (κ1) is 20.5. The smallest absolute Gasteiger partial charge is 0.354 e. The molecule has 3 aromatic heterocycles. The van der Waals surface area contributed by atoms with Crippen LogP contribution in [0.2, 0.25) is 0 Å². The Balaban J connectivity index is 1.89. The van der Waals surface area contributed by atoms with Gasteiger partial charge in [-0.1, -0.05) is 6.07 Å². The van der Waals surface area contributed by atoms with Crippen molar-refractivity contribution in [1.82, 2.24) is 14.9 Å². The number of ether oxygens (including phenoxy) is 1. The minimum absolute atomic E-state index is 0.112. The summed E-state index contributed by atoms with van der Waals surface area (Å²) < 4.78 is 4.76. The van der Waals surface area contributed by atoms with Crippen LogP contribution < -0.4 is 0 Å². The standard InChI is InChI=1S/C21H21N3O4S/c1-13-18(14(2)23-19(13)21(27)28-3)16(25)12-24(11-15-6-8-22-9-7-15)20(26)17-5-4-10-29-17/h4-10,23H,11-12H2,1-3H3. The normalized spacial score (nSPS) is 10.6. The van der Waals surface area contributed by atoms with Gasteiger partial charge >= 0.3 is 5.97 Å². The second kappa shape index (κ2) is 8.83. The van der Waals surface area contributed by atoms with Gasteiger partial charge in [-0.25, -0.2) is 4.79 Å². The fraction of sp³-hybridized carbons (Fsp3) is 0.238. The average molecular weight is 411 g/mol. The van der Waals surface area contributed by atoms with Gasteiger partial charge in [-0.3, -0.25) is 14.6 Å². The Bertz CT molecular complexity index is 1030. The zero-order valence-corrected chi connectivity index (χ0v) is 17.2. The van der Waals surface area contributed by atoms with E-state index in [1.807, 2.05) is 5.38 Å². The van der Waals surface area contributed by atoms with E-state index in [2.05, 4.69) is 9.97 Å². The van der Waals surface area contributed by atoms with Crippen molar-refractivity contribution in [3.05, 3.63) is 75.0 Å². The number of hydrogen-bond acceptors (Lipinski definition) is 6. The van der Waals surface area contributed by atoms with Crippen LogP contribution in [-0.2, 0) is 11.3 Å². The summed E-state index contributed by atoms with van der Waals surface area (Å²) >= 11 is 1.33. The molecule has 0 saturated heterocycles. The fourth-order valence-corrected chi connectivity index (χ4v) is 3.88. The fourth-order valence-electron chi connectivity index (χ4n) is 3.19. The third-order valence-corrected chi connectivity index (χ3v) is 5.44. The number of pyridine rings is 1. The van der Waals surface area contributed by atoms with Crippen molar-refractivity contribution in [2.45, 2.75) is 20.4 Å². The predicted octanol–water partition coefficient (Wildman–Crippen LogP) is 3.40. The minimum atomic E-state index is -0.534. The molecule has 1 N–H and O–H groups in total. The minimum Gasteiger partial charge on any atom is -0.464 e. The van der Waals surface area contributed by atoms with E-state index in [1.54, 1.807) is 50.5 Å². The van der Waals surface area contributed by atoms with Gasteiger partial charge in [0.25, 0.3) is 5.91 Å². The van der Waals surface area contributed by atoms with Gasteiger partial charge in [-0.2, -0.15) is 0 Å². The zero-order valence-electron chi connectivity index (χ0n) is 16.4. The van der Waals surface area contributed by atoms with E-state index >= 15 is 0 Å². The summed E-state index contributed by atoms with van der Waals surface area (Å²) in [6.45, 7) is 3.58. The van der Waals surface area contributed by atoms with Gasteiger partial charge in [-0.05, 0) is 48.6 Å². The van der Waals surface area contributed by atoms with E-state index in [4.69, 9.17) is 4.74 Å². The lowest BCUT2D eigenvalue weighted by Crippen LogP contribution is -2.35. The highest BCUT2D eigenvalue weighted by Crippen LogP contribution is 2.21. The topological polar surface area (TPSA) is 92.4 Å². The number of rotatable bonds is 7. The van der Waals surface area contributed by atoms with E-state index in [1.165, 1.54) is 23.3 Å². The third kappa shape index (κ3) is 4.43. The van der Waals surface area contributed by atoms with E-state index in [9.17, 15) is 14.4 Å². The van der Waals surface area contributed by atoms with Crippen molar-refractivity contribution < 1.29 is 19.1 Å². The van der Waals surface area contributed by atoms with Crippen molar-refractivity contribution >= 4 is 29.0 Å². The first-order chi connectivity index (χ1) is 13.9. The van der Waals surface area contributed by atoms with E-state index in [0.29, 0.717) is 21.7 Å². The first-order valence-electron chi connectivity index (χ1n) is 8.94. The molecule has 0 atom stereocenters. The summed E-state index contributed by atoms with van der Waals surface area (Å²) in [5.74, 6) is -0.998. The Kier molecular flexibility index (Phi) is 6.23. The maximum absolute atomic E-state index is 13.1. The molecule has 0 bridgehead atoms. The molecule has 0 spiro atoms. The Labute approximate surface area is 172 Å². The third-order valence-electron chi connectivity index (χ3n) is 4.58. The molecule has 29 heavy (non-hydrogen) atoms. The molecular formula is C21H21N3O4S. The highest BCUT2D eigenvalue weighted by atomic mass is 32.1. The van der Waals surface area contributed by atoms with Crippen LogP contribution in [-0.4, -0.2) is 46.2 Å². The number of aryl methyl sites for hydroxylation is 1. The summed E-state index contributed by atoms with van der Waals surface area (Å²) in [5, 5.41) is 1.82. The van der Waals surface area contributed by atoms with Crippen LogP contribution >= 0.6 is 11.3 Å². The Morgan fingerprint density at radius 2 is 1.90 bits per heavy atom. The summed E-state index contributed by atoms with van der Waals surface area (Å²) in [6.07, 6.45) is 3.29. The molecule has 7 nitrogen and oxygen atoms in total. The highest BCUT2D eigenvalue weighted by molar-refractivity contribution is 7.12. The second-order valence-electron chi connectivity index (χ2n) is 6.53. The van der Waals surface area contributed by atoms with Crippen LogP contribution in [0.1, 0.15) is 47.3 Å². The summed E-state index contributed by atoms with van der Waals surface area (Å²) in [7, 11) is 1.29. The maximum Gasteiger partial charge on any atom is 0.354 e. The van der Waals surface area contributed by atoms with Crippen molar-refractivity contribution in [3.63, 3.8) is 0 Å². The number of Topliss-reactive ketones (excluding diaryl/α,β-unsaturated/α-hetero) is 1. The molecule has 0 aromatic carbocycles. The van der Waals surface area contributed by atoms with Crippen LogP contribution in [0.25, 0.3) is 0 Å². The molecule has 0 radical (unpaired) electrons. The molecule has 8 heteroatoms. The summed E-state index contributed by atoms with van der Waals surface area (Å²) in [6, 6.07) is 7.15. The molecule has 0 aliphatic heterocycles. The van der Waals surface area contributed by atoms with Gasteiger partial charge in [0.1, 0.15) is 5.69 Å². The number of methoxy groups -OCH3 is 1. The molecule has 150 valence electrons. The molecule has 0 unspecified atom stereocenters. The number of hydrogen-bond donors (Lipinski definition) is 1. The molecular weight excluding hydrogens is 390 g/mol. The lowest BCUT2D eigenvalue weighted by Gasteiger charge is -2.22. The van der Waals surface area contributed by atoms with E-state index in [0.717, 1.165) is 5.56 Å². The number of nitrogens with zero attached hydrogens (tertiary/aromatic N) is 2. The molecule has 0 fully saturated rings. The highest BCUT2D eigenvalue weighted by Gasteiger charge is 2.26. The Morgan fingerprint density at radius 1 is 1.17 bits per heavy atom. The lowest BCUT2D eigenvalue weighted by atomic mass is 10.0. The quantitative estimate of drug-likeness (QED) is 0.475. The monoisotopic (exact) mass is 411 g/mol. The van der Waals surface area contributed by atoms with Gasteiger partial charge in [-0.15, -0.1) is 11.3 Å². The SMILES string of the molecule is COC(=O)c1[nH]c(C)c(C(=O)CN(Cc2ccncc2)C(=O)c2cccs2)c1C. The predicted molar refractivity (Wildman–Crippen MR) is 109 cm³/mol. The number of esters is 1. The number of ketones is 1. The molecule has 0 saturated carbocycles. The number of nitrogens with one attached hydrogen (secondary N) is 1. The molecule has 0 aliphatic rings. The van der Waals surface area contributed by atoms with Gasteiger partial charge < -0.3 is 14.6 Å². The molecule has 0 aliphatic carbocycles. The van der Waals surface area contributed by atoms with Gasteiger partial charge in [0.05, 0.1) is 18.5 Å². The van der Waals surface area contributed by atoms with Crippen molar-refractivity contribution in [2.75, 3.05) is 13.7 Å². The lowest BCUT2D eigenvalue weighted by molar-refractivity contribution is 0.0593. The van der Waals surface area contributed by atoms with Crippen molar-refractivity contribution in [3.8, 4) is 0 Å². The number of aromatic nitrogens is 2. The number of H-pyrrole nitrogens is 1. The average Bonchev–Trinajstić information content (AvgIpc) is 3.35. The molecule has 1 amide bonds. The van der Waals surface area contributed by atoms with Gasteiger partial charge in [0.2, 0.25) is 0 Å². The Morgan fingerprint density at radius 3 is 2.52 bits per heavy atom. The summed E-state index contributed by atoms with van der Waals surface area (Å²) in [5.41, 5.74) is 2.62. The van der Waals surface area contributed by atoms with Crippen molar-refractivity contribution in [2.24, 2.45) is 0 Å². The van der Waals surface area contributed by atoms with Crippen LogP contribution in [0.15, 0.2) is 42.0 Å². The van der Waals surface area contributed by atoms with Gasteiger partial charge in [0.15, 0.2) is 5.78 Å². The molecule has 3 rings (SSSR count).